The zero-order valence-electron chi connectivity index (χ0n) is 15.5. The fourth-order valence-corrected chi connectivity index (χ4v) is 2.53. The number of nitrogens with one attached hydrogen (secondary N) is 2. The lowest BCUT2D eigenvalue weighted by Gasteiger charge is -2.19. The zero-order chi connectivity index (χ0) is 20.7. The average molecular weight is 401 g/mol. The zero-order valence-corrected chi connectivity index (χ0v) is 16.2. The van der Waals surface area contributed by atoms with E-state index in [1.807, 2.05) is 0 Å². The Labute approximate surface area is 168 Å². The van der Waals surface area contributed by atoms with Crippen LogP contribution in [0.5, 0.6) is 0 Å². The summed E-state index contributed by atoms with van der Waals surface area (Å²) in [6, 6.07) is 14.0. The van der Waals surface area contributed by atoms with Crippen LogP contribution in [0.1, 0.15) is 29.8 Å². The van der Waals surface area contributed by atoms with E-state index in [-0.39, 0.29) is 11.6 Å². The van der Waals surface area contributed by atoms with Gasteiger partial charge in [-0.2, -0.15) is 0 Å². The Bertz CT molecular complexity index is 877. The first kappa shape index (κ1) is 21.2. The van der Waals surface area contributed by atoms with Crippen LogP contribution in [0.4, 0.5) is 0 Å². The van der Waals surface area contributed by atoms with Gasteiger partial charge in [-0.25, -0.2) is 4.79 Å². The third kappa shape index (κ3) is 5.96. The van der Waals surface area contributed by atoms with Crippen LogP contribution in [0, 0.1) is 5.92 Å². The number of carbonyl (C=O) groups is 3. The Morgan fingerprint density at radius 1 is 1.00 bits per heavy atom. The van der Waals surface area contributed by atoms with Gasteiger partial charge in [0.15, 0.2) is 0 Å². The minimum Gasteiger partial charge on any atom is -0.480 e. The monoisotopic (exact) mass is 400 g/mol. The number of aliphatic carboxylic acids is 1. The maximum Gasteiger partial charge on any atom is 0.326 e. The number of hydrogen-bond donors (Lipinski definition) is 3. The van der Waals surface area contributed by atoms with Crippen molar-refractivity contribution in [1.29, 1.82) is 0 Å². The number of carbonyl (C=O) groups excluding carboxylic acids is 2. The van der Waals surface area contributed by atoms with Crippen LogP contribution in [0.3, 0.4) is 0 Å². The van der Waals surface area contributed by atoms with Gasteiger partial charge in [0.05, 0.1) is 0 Å². The maximum absolute atomic E-state index is 12.7. The van der Waals surface area contributed by atoms with Gasteiger partial charge in [-0.1, -0.05) is 55.8 Å². The van der Waals surface area contributed by atoms with Gasteiger partial charge in [-0.15, -0.1) is 0 Å². The van der Waals surface area contributed by atoms with Gasteiger partial charge in [-0.3, -0.25) is 9.59 Å². The van der Waals surface area contributed by atoms with Crippen molar-refractivity contribution >= 4 is 35.5 Å². The molecule has 0 aliphatic heterocycles. The van der Waals surface area contributed by atoms with Crippen LogP contribution in [-0.4, -0.2) is 28.9 Å². The lowest BCUT2D eigenvalue weighted by molar-refractivity contribution is -0.142. The van der Waals surface area contributed by atoms with Gasteiger partial charge >= 0.3 is 5.97 Å². The Morgan fingerprint density at radius 2 is 1.61 bits per heavy atom. The summed E-state index contributed by atoms with van der Waals surface area (Å²) in [5, 5.41) is 14.9. The minimum atomic E-state index is -1.15. The molecule has 0 saturated carbocycles. The molecule has 28 heavy (non-hydrogen) atoms. The average Bonchev–Trinajstić information content (AvgIpc) is 2.67. The first-order valence-electron chi connectivity index (χ1n) is 8.65. The third-order valence-electron chi connectivity index (χ3n) is 3.93. The molecule has 0 saturated heterocycles. The SMILES string of the molecule is CC(C)[C@H](NC(=O)/C(=C/c1ccc(Cl)cc1)NC(=O)c1ccccc1)C(=O)O. The Hall–Kier alpha value is -3.12. The van der Waals surface area contributed by atoms with E-state index in [0.29, 0.717) is 16.1 Å². The molecule has 2 rings (SSSR count). The molecule has 0 aliphatic carbocycles. The van der Waals surface area contributed by atoms with E-state index in [1.165, 1.54) is 6.08 Å². The predicted octanol–water partition coefficient (Wildman–Crippen LogP) is 3.34. The highest BCUT2D eigenvalue weighted by molar-refractivity contribution is 6.30. The molecular formula is C21H21ClN2O4. The molecule has 0 spiro atoms. The largest absolute Gasteiger partial charge is 0.480 e. The minimum absolute atomic E-state index is 0.0666. The van der Waals surface area contributed by atoms with E-state index >= 15 is 0 Å². The second-order valence-electron chi connectivity index (χ2n) is 6.46. The van der Waals surface area contributed by atoms with Crippen molar-refractivity contribution in [1.82, 2.24) is 10.6 Å². The van der Waals surface area contributed by atoms with Crippen LogP contribution < -0.4 is 10.6 Å². The number of carboxylic acids is 1. The molecule has 7 heteroatoms. The molecule has 2 aromatic carbocycles. The summed E-state index contributed by atoms with van der Waals surface area (Å²) in [6.07, 6.45) is 1.46. The van der Waals surface area contributed by atoms with Gasteiger partial charge in [0, 0.05) is 10.6 Å². The van der Waals surface area contributed by atoms with E-state index in [2.05, 4.69) is 10.6 Å². The van der Waals surface area contributed by atoms with Crippen LogP contribution >= 0.6 is 11.6 Å². The summed E-state index contributed by atoms with van der Waals surface area (Å²) >= 11 is 5.88. The molecule has 0 radical (unpaired) electrons. The van der Waals surface area contributed by atoms with Crippen molar-refractivity contribution < 1.29 is 19.5 Å². The van der Waals surface area contributed by atoms with Crippen molar-refractivity contribution in [2.24, 2.45) is 5.92 Å². The highest BCUT2D eigenvalue weighted by atomic mass is 35.5. The van der Waals surface area contributed by atoms with E-state index in [4.69, 9.17) is 11.6 Å². The summed E-state index contributed by atoms with van der Waals surface area (Å²) in [5.41, 5.74) is 0.929. The number of benzene rings is 2. The van der Waals surface area contributed by atoms with Crippen molar-refractivity contribution in [2.75, 3.05) is 0 Å². The molecule has 2 amide bonds. The fraction of sp³-hybridized carbons (Fsp3) is 0.190. The summed E-state index contributed by atoms with van der Waals surface area (Å²) in [6.45, 7) is 3.37. The second-order valence-corrected chi connectivity index (χ2v) is 6.90. The van der Waals surface area contributed by atoms with Gasteiger partial charge in [0.1, 0.15) is 11.7 Å². The molecule has 0 aromatic heterocycles. The quantitative estimate of drug-likeness (QED) is 0.621. The second kappa shape index (κ2) is 9.71. The third-order valence-corrected chi connectivity index (χ3v) is 4.18. The molecule has 2 aromatic rings. The summed E-state index contributed by atoms with van der Waals surface area (Å²) in [7, 11) is 0. The smallest absolute Gasteiger partial charge is 0.326 e. The first-order valence-corrected chi connectivity index (χ1v) is 9.03. The predicted molar refractivity (Wildman–Crippen MR) is 108 cm³/mol. The van der Waals surface area contributed by atoms with Crippen LogP contribution in [0.15, 0.2) is 60.3 Å². The van der Waals surface area contributed by atoms with Crippen molar-refractivity contribution in [3.8, 4) is 0 Å². The maximum atomic E-state index is 12.7. The van der Waals surface area contributed by atoms with E-state index in [9.17, 15) is 19.5 Å². The lowest BCUT2D eigenvalue weighted by atomic mass is 10.0. The fourth-order valence-electron chi connectivity index (χ4n) is 2.40. The summed E-state index contributed by atoms with van der Waals surface area (Å²) in [5.74, 6) is -2.65. The summed E-state index contributed by atoms with van der Waals surface area (Å²) < 4.78 is 0. The van der Waals surface area contributed by atoms with Crippen molar-refractivity contribution in [2.45, 2.75) is 19.9 Å². The Kier molecular flexibility index (Phi) is 7.35. The molecule has 1 atom stereocenters. The number of rotatable bonds is 7. The number of hydrogen-bond acceptors (Lipinski definition) is 3. The van der Waals surface area contributed by atoms with E-state index < -0.39 is 23.8 Å². The number of halogens is 1. The Morgan fingerprint density at radius 3 is 2.14 bits per heavy atom. The van der Waals surface area contributed by atoms with Crippen LogP contribution in [0.25, 0.3) is 6.08 Å². The molecule has 0 unspecified atom stereocenters. The van der Waals surface area contributed by atoms with Crippen molar-refractivity contribution in [3.05, 3.63) is 76.4 Å². The molecule has 3 N–H and O–H groups in total. The van der Waals surface area contributed by atoms with E-state index in [0.717, 1.165) is 0 Å². The normalized spacial score (nSPS) is 12.4. The van der Waals surface area contributed by atoms with E-state index in [1.54, 1.807) is 68.4 Å². The number of carboxylic acid groups (broad SMARTS) is 1. The standard InChI is InChI=1S/C21H21ClN2O4/c1-13(2)18(21(27)28)24-20(26)17(12-14-8-10-16(22)11-9-14)23-19(25)15-6-4-3-5-7-15/h3-13,18H,1-2H3,(H,23,25)(H,24,26)(H,27,28)/b17-12-/t18-/m0/s1. The summed E-state index contributed by atoms with van der Waals surface area (Å²) in [4.78, 5) is 36.6. The molecule has 0 bridgehead atoms. The molecular weight excluding hydrogens is 380 g/mol. The van der Waals surface area contributed by atoms with Crippen LogP contribution in [0.2, 0.25) is 5.02 Å². The molecule has 0 heterocycles. The highest BCUT2D eigenvalue weighted by Gasteiger charge is 2.25. The van der Waals surface area contributed by atoms with Gasteiger partial charge in [0.25, 0.3) is 11.8 Å². The first-order chi connectivity index (χ1) is 13.3. The molecule has 0 aliphatic rings. The van der Waals surface area contributed by atoms with Gasteiger partial charge in [-0.05, 0) is 41.8 Å². The highest BCUT2D eigenvalue weighted by Crippen LogP contribution is 2.13. The van der Waals surface area contributed by atoms with Gasteiger partial charge < -0.3 is 15.7 Å². The number of amides is 2. The Balaban J connectivity index is 2.32. The lowest BCUT2D eigenvalue weighted by Crippen LogP contribution is -2.47. The van der Waals surface area contributed by atoms with Crippen LogP contribution in [-0.2, 0) is 9.59 Å². The topological polar surface area (TPSA) is 95.5 Å². The molecule has 146 valence electrons. The molecule has 0 fully saturated rings. The van der Waals surface area contributed by atoms with Crippen molar-refractivity contribution in [3.63, 3.8) is 0 Å². The van der Waals surface area contributed by atoms with Gasteiger partial charge in [0.2, 0.25) is 0 Å². The molecule has 6 nitrogen and oxygen atoms in total.